The molecular weight excluding hydrogens is 330 g/mol. The van der Waals surface area contributed by atoms with Crippen molar-refractivity contribution in [3.05, 3.63) is 38.9 Å². The number of thiophene rings is 1. The number of methoxy groups -OCH3 is 1. The third-order valence-corrected chi connectivity index (χ3v) is 4.01. The SMILES string of the molecule is COC(=O)c1nccc(NCCc2ccc(Br)s2)n1. The van der Waals surface area contributed by atoms with E-state index in [9.17, 15) is 4.79 Å². The Hall–Kier alpha value is -1.47. The zero-order valence-corrected chi connectivity index (χ0v) is 12.6. The van der Waals surface area contributed by atoms with Crippen molar-refractivity contribution in [2.75, 3.05) is 19.0 Å². The molecule has 0 amide bonds. The normalized spacial score (nSPS) is 10.2. The Bertz CT molecular complexity index is 574. The molecular formula is C12H12BrN3O2S. The molecule has 19 heavy (non-hydrogen) atoms. The predicted molar refractivity (Wildman–Crippen MR) is 77.6 cm³/mol. The highest BCUT2D eigenvalue weighted by Crippen LogP contribution is 2.22. The summed E-state index contributed by atoms with van der Waals surface area (Å²) in [6.45, 7) is 0.741. The van der Waals surface area contributed by atoms with Gasteiger partial charge in [0.2, 0.25) is 5.82 Å². The van der Waals surface area contributed by atoms with Crippen molar-refractivity contribution in [3.8, 4) is 0 Å². The minimum Gasteiger partial charge on any atom is -0.463 e. The van der Waals surface area contributed by atoms with E-state index in [1.54, 1.807) is 17.4 Å². The zero-order chi connectivity index (χ0) is 13.7. The van der Waals surface area contributed by atoms with Crippen LogP contribution in [0.2, 0.25) is 0 Å². The zero-order valence-electron chi connectivity index (χ0n) is 10.2. The van der Waals surface area contributed by atoms with Gasteiger partial charge in [0.05, 0.1) is 10.9 Å². The molecule has 0 aliphatic heterocycles. The Labute approximate surface area is 123 Å². The summed E-state index contributed by atoms with van der Waals surface area (Å²) in [5.74, 6) is 0.142. The van der Waals surface area contributed by atoms with E-state index in [4.69, 9.17) is 0 Å². The number of nitrogens with zero attached hydrogens (tertiary/aromatic N) is 2. The number of carbonyl (C=O) groups is 1. The molecule has 2 heterocycles. The van der Waals surface area contributed by atoms with Crippen LogP contribution in [-0.2, 0) is 11.2 Å². The number of rotatable bonds is 5. The number of esters is 1. The fourth-order valence-corrected chi connectivity index (χ4v) is 2.93. The Morgan fingerprint density at radius 3 is 3.00 bits per heavy atom. The van der Waals surface area contributed by atoms with Gasteiger partial charge in [0, 0.05) is 17.6 Å². The lowest BCUT2D eigenvalue weighted by Gasteiger charge is -2.05. The number of hydrogen-bond acceptors (Lipinski definition) is 6. The van der Waals surface area contributed by atoms with Crippen molar-refractivity contribution in [2.45, 2.75) is 6.42 Å². The van der Waals surface area contributed by atoms with E-state index >= 15 is 0 Å². The predicted octanol–water partition coefficient (Wildman–Crippen LogP) is 2.74. The summed E-state index contributed by atoms with van der Waals surface area (Å²) in [7, 11) is 1.31. The number of halogens is 1. The molecule has 1 N–H and O–H groups in total. The third-order valence-electron chi connectivity index (χ3n) is 2.33. The van der Waals surface area contributed by atoms with Crippen LogP contribution in [0, 0.1) is 0 Å². The number of anilines is 1. The number of ether oxygens (including phenoxy) is 1. The van der Waals surface area contributed by atoms with E-state index in [0.29, 0.717) is 5.82 Å². The van der Waals surface area contributed by atoms with Crippen molar-refractivity contribution in [1.82, 2.24) is 9.97 Å². The van der Waals surface area contributed by atoms with Crippen molar-refractivity contribution < 1.29 is 9.53 Å². The minimum absolute atomic E-state index is 0.0615. The van der Waals surface area contributed by atoms with Crippen LogP contribution in [0.15, 0.2) is 28.2 Å². The summed E-state index contributed by atoms with van der Waals surface area (Å²) >= 11 is 5.13. The van der Waals surface area contributed by atoms with Gasteiger partial charge in [-0.15, -0.1) is 11.3 Å². The van der Waals surface area contributed by atoms with Crippen LogP contribution >= 0.6 is 27.3 Å². The van der Waals surface area contributed by atoms with Crippen molar-refractivity contribution in [1.29, 1.82) is 0 Å². The van der Waals surface area contributed by atoms with E-state index in [-0.39, 0.29) is 5.82 Å². The van der Waals surface area contributed by atoms with Gasteiger partial charge < -0.3 is 10.1 Å². The van der Waals surface area contributed by atoms with Crippen molar-refractivity contribution >= 4 is 39.1 Å². The van der Waals surface area contributed by atoms with E-state index in [2.05, 4.69) is 42.0 Å². The molecule has 100 valence electrons. The van der Waals surface area contributed by atoms with Gasteiger partial charge in [0.25, 0.3) is 0 Å². The summed E-state index contributed by atoms with van der Waals surface area (Å²) < 4.78 is 5.70. The Kier molecular flexibility index (Phi) is 4.86. The van der Waals surface area contributed by atoms with Crippen molar-refractivity contribution in [3.63, 3.8) is 0 Å². The number of nitrogens with one attached hydrogen (secondary N) is 1. The molecule has 0 saturated carbocycles. The van der Waals surface area contributed by atoms with Crippen LogP contribution in [0.25, 0.3) is 0 Å². The van der Waals surface area contributed by atoms with E-state index in [1.165, 1.54) is 18.2 Å². The van der Waals surface area contributed by atoms with Crippen molar-refractivity contribution in [2.24, 2.45) is 0 Å². The quantitative estimate of drug-likeness (QED) is 0.847. The topological polar surface area (TPSA) is 64.1 Å². The first-order chi connectivity index (χ1) is 9.19. The molecule has 0 aromatic carbocycles. The van der Waals surface area contributed by atoms with E-state index in [1.807, 2.05) is 6.07 Å². The first-order valence-corrected chi connectivity index (χ1v) is 7.19. The highest BCUT2D eigenvalue weighted by Gasteiger charge is 2.09. The summed E-state index contributed by atoms with van der Waals surface area (Å²) in [5, 5.41) is 3.15. The molecule has 0 saturated heterocycles. The smallest absolute Gasteiger partial charge is 0.376 e. The fraction of sp³-hybridized carbons (Fsp3) is 0.250. The molecule has 0 bridgehead atoms. The van der Waals surface area contributed by atoms with Gasteiger partial charge in [-0.2, -0.15) is 0 Å². The van der Waals surface area contributed by atoms with Gasteiger partial charge in [-0.3, -0.25) is 0 Å². The molecule has 7 heteroatoms. The Morgan fingerprint density at radius 2 is 2.32 bits per heavy atom. The summed E-state index contributed by atoms with van der Waals surface area (Å²) in [4.78, 5) is 20.5. The molecule has 0 atom stereocenters. The highest BCUT2D eigenvalue weighted by molar-refractivity contribution is 9.11. The van der Waals surface area contributed by atoms with E-state index < -0.39 is 5.97 Å². The summed E-state index contributed by atoms with van der Waals surface area (Å²) in [5.41, 5.74) is 0. The maximum Gasteiger partial charge on any atom is 0.376 e. The first-order valence-electron chi connectivity index (χ1n) is 5.58. The number of aromatic nitrogens is 2. The third kappa shape index (κ3) is 4.00. The second-order valence-electron chi connectivity index (χ2n) is 3.64. The summed E-state index contributed by atoms with van der Waals surface area (Å²) in [6.07, 6.45) is 2.43. The van der Waals surface area contributed by atoms with Gasteiger partial charge in [-0.05, 0) is 40.5 Å². The Balaban J connectivity index is 1.90. The molecule has 0 unspecified atom stereocenters. The lowest BCUT2D eigenvalue weighted by molar-refractivity contribution is 0.0587. The van der Waals surface area contributed by atoms with Gasteiger partial charge in [-0.1, -0.05) is 0 Å². The highest BCUT2D eigenvalue weighted by atomic mass is 79.9. The largest absolute Gasteiger partial charge is 0.463 e. The number of carbonyl (C=O) groups excluding carboxylic acids is 1. The first kappa shape index (κ1) is 14.0. The lowest BCUT2D eigenvalue weighted by Crippen LogP contribution is -2.11. The van der Waals surface area contributed by atoms with Gasteiger partial charge in [0.15, 0.2) is 0 Å². The number of hydrogen-bond donors (Lipinski definition) is 1. The van der Waals surface area contributed by atoms with Gasteiger partial charge >= 0.3 is 5.97 Å². The maximum absolute atomic E-state index is 11.3. The minimum atomic E-state index is -0.536. The van der Waals surface area contributed by atoms with E-state index in [0.717, 1.165) is 16.8 Å². The molecule has 2 aromatic heterocycles. The Morgan fingerprint density at radius 1 is 1.47 bits per heavy atom. The maximum atomic E-state index is 11.3. The molecule has 0 aliphatic rings. The second kappa shape index (κ2) is 6.63. The molecule has 0 spiro atoms. The van der Waals surface area contributed by atoms with Crippen LogP contribution in [0.4, 0.5) is 5.82 Å². The van der Waals surface area contributed by atoms with Crippen LogP contribution in [0.1, 0.15) is 15.5 Å². The van der Waals surface area contributed by atoms with Crippen LogP contribution < -0.4 is 5.32 Å². The molecule has 2 rings (SSSR count). The standard InChI is InChI=1S/C12H12BrN3O2S/c1-18-12(17)11-15-7-5-10(16-11)14-6-4-8-2-3-9(13)19-8/h2-3,5,7H,4,6H2,1H3,(H,14,15,16). The molecule has 0 radical (unpaired) electrons. The monoisotopic (exact) mass is 341 g/mol. The second-order valence-corrected chi connectivity index (χ2v) is 6.19. The summed E-state index contributed by atoms with van der Waals surface area (Å²) in [6, 6.07) is 5.83. The molecule has 0 aliphatic carbocycles. The molecule has 2 aromatic rings. The molecule has 0 fully saturated rings. The molecule has 5 nitrogen and oxygen atoms in total. The van der Waals surface area contributed by atoms with Crippen LogP contribution in [-0.4, -0.2) is 29.6 Å². The lowest BCUT2D eigenvalue weighted by atomic mass is 10.3. The van der Waals surface area contributed by atoms with Gasteiger partial charge in [-0.25, -0.2) is 14.8 Å². The average molecular weight is 342 g/mol. The van der Waals surface area contributed by atoms with Gasteiger partial charge in [0.1, 0.15) is 5.82 Å². The average Bonchev–Trinajstić information content (AvgIpc) is 2.84. The van der Waals surface area contributed by atoms with Crippen LogP contribution in [0.3, 0.4) is 0 Å². The van der Waals surface area contributed by atoms with Crippen LogP contribution in [0.5, 0.6) is 0 Å². The fourth-order valence-electron chi connectivity index (χ4n) is 1.45.